The Morgan fingerprint density at radius 3 is 2.37 bits per heavy atom. The third kappa shape index (κ3) is 4.70. The van der Waals surface area contributed by atoms with Crippen molar-refractivity contribution in [3.8, 4) is 0 Å². The summed E-state index contributed by atoms with van der Waals surface area (Å²) in [7, 11) is 0. The minimum absolute atomic E-state index is 0.285. The molecule has 0 saturated carbocycles. The lowest BCUT2D eigenvalue weighted by Crippen LogP contribution is -2.28. The molecule has 2 atom stereocenters. The maximum Gasteiger partial charge on any atom is 0.315 e. The summed E-state index contributed by atoms with van der Waals surface area (Å²) in [6.45, 7) is 2.07. The van der Waals surface area contributed by atoms with E-state index >= 15 is 0 Å². The Kier molecular flexibility index (Phi) is 6.15. The predicted octanol–water partition coefficient (Wildman–Crippen LogP) is 4.72. The molecule has 0 amide bonds. The Hall–Kier alpha value is -3.21. The first-order valence-electron chi connectivity index (χ1n) is 8.83. The molecule has 1 N–H and O–H groups in total. The highest BCUT2D eigenvalue weighted by atomic mass is 19.1. The number of rotatable bonds is 7. The topological polar surface area (TPSA) is 51.2 Å². The molecule has 0 aliphatic carbocycles. The van der Waals surface area contributed by atoms with Crippen LogP contribution in [0.5, 0.6) is 0 Å². The fraction of sp³-hybridized carbons (Fsp3) is 0.182. The molecule has 3 rings (SSSR count). The molecule has 5 heteroatoms. The van der Waals surface area contributed by atoms with Gasteiger partial charge in [0.1, 0.15) is 11.7 Å². The van der Waals surface area contributed by atoms with Crippen molar-refractivity contribution in [1.29, 1.82) is 0 Å². The van der Waals surface area contributed by atoms with E-state index in [1.807, 2.05) is 48.5 Å². The summed E-state index contributed by atoms with van der Waals surface area (Å²) in [6.07, 6.45) is 1.68. The molecule has 0 spiro atoms. The Labute approximate surface area is 158 Å². The Balaban J connectivity index is 2.04. The van der Waals surface area contributed by atoms with E-state index in [2.05, 4.69) is 10.3 Å². The number of carbonyl (C=O) groups is 1. The summed E-state index contributed by atoms with van der Waals surface area (Å²) < 4.78 is 18.6. The number of nitrogens with zero attached hydrogens (tertiary/aromatic N) is 1. The van der Waals surface area contributed by atoms with Crippen molar-refractivity contribution in [2.75, 3.05) is 11.9 Å². The second-order valence-corrected chi connectivity index (χ2v) is 6.02. The first kappa shape index (κ1) is 18.6. The zero-order valence-corrected chi connectivity index (χ0v) is 15.0. The Morgan fingerprint density at radius 1 is 1.04 bits per heavy atom. The Bertz CT molecular complexity index is 855. The number of ether oxygens (including phenoxy) is 1. The van der Waals surface area contributed by atoms with Gasteiger partial charge in [-0.05, 0) is 48.9 Å². The van der Waals surface area contributed by atoms with Gasteiger partial charge in [-0.25, -0.2) is 4.39 Å². The van der Waals surface area contributed by atoms with Crippen LogP contribution in [-0.2, 0) is 9.53 Å². The molecule has 0 saturated heterocycles. The molecule has 1 heterocycles. The maximum atomic E-state index is 13.3. The SMILES string of the molecule is CCOC(=O)[C@H](c1ccccc1)[C@@H](Nc1ccc(F)cc1)c1ccccn1. The van der Waals surface area contributed by atoms with E-state index < -0.39 is 12.0 Å². The zero-order valence-electron chi connectivity index (χ0n) is 15.0. The van der Waals surface area contributed by atoms with Crippen LogP contribution in [0.4, 0.5) is 10.1 Å². The maximum absolute atomic E-state index is 13.3. The third-order valence-corrected chi connectivity index (χ3v) is 4.21. The number of halogens is 1. The minimum Gasteiger partial charge on any atom is -0.465 e. The van der Waals surface area contributed by atoms with Crippen LogP contribution < -0.4 is 5.32 Å². The van der Waals surface area contributed by atoms with Crippen LogP contribution in [0.15, 0.2) is 79.0 Å². The fourth-order valence-electron chi connectivity index (χ4n) is 2.97. The normalized spacial score (nSPS) is 12.8. The summed E-state index contributed by atoms with van der Waals surface area (Å²) in [6, 6.07) is 20.5. The van der Waals surface area contributed by atoms with Crippen LogP contribution in [0.1, 0.15) is 30.1 Å². The number of nitrogens with one attached hydrogen (secondary N) is 1. The van der Waals surface area contributed by atoms with Crippen LogP contribution in [0, 0.1) is 5.82 Å². The molecule has 138 valence electrons. The number of anilines is 1. The summed E-state index contributed by atoms with van der Waals surface area (Å²) in [5, 5.41) is 3.33. The molecule has 4 nitrogen and oxygen atoms in total. The van der Waals surface area contributed by atoms with Crippen molar-refractivity contribution < 1.29 is 13.9 Å². The van der Waals surface area contributed by atoms with Crippen molar-refractivity contribution in [3.05, 3.63) is 96.1 Å². The number of hydrogen-bond acceptors (Lipinski definition) is 4. The van der Waals surface area contributed by atoms with Crippen LogP contribution in [0.3, 0.4) is 0 Å². The highest BCUT2D eigenvalue weighted by Crippen LogP contribution is 2.34. The van der Waals surface area contributed by atoms with Gasteiger partial charge in [0.25, 0.3) is 0 Å². The quantitative estimate of drug-likeness (QED) is 0.616. The molecule has 3 aromatic rings. The standard InChI is InChI=1S/C22H21FN2O2/c1-2-27-22(26)20(16-8-4-3-5-9-16)21(19-10-6-7-15-24-19)25-18-13-11-17(23)12-14-18/h3-15,20-21,25H,2H2,1H3/t20-,21+/m1/s1. The second kappa shape index (κ2) is 8.94. The molecule has 2 aromatic carbocycles. The number of hydrogen-bond donors (Lipinski definition) is 1. The molecule has 0 fully saturated rings. The van der Waals surface area contributed by atoms with Crippen molar-refractivity contribution in [3.63, 3.8) is 0 Å². The van der Waals surface area contributed by atoms with Gasteiger partial charge in [-0.3, -0.25) is 9.78 Å². The number of pyridine rings is 1. The van der Waals surface area contributed by atoms with Gasteiger partial charge in [0.15, 0.2) is 0 Å². The van der Waals surface area contributed by atoms with E-state index in [0.717, 1.165) is 5.56 Å². The van der Waals surface area contributed by atoms with E-state index in [9.17, 15) is 9.18 Å². The summed E-state index contributed by atoms with van der Waals surface area (Å²) in [5.41, 5.74) is 2.21. The number of esters is 1. The van der Waals surface area contributed by atoms with Crippen LogP contribution >= 0.6 is 0 Å². The average Bonchev–Trinajstić information content (AvgIpc) is 2.71. The highest BCUT2D eigenvalue weighted by molar-refractivity contribution is 5.80. The van der Waals surface area contributed by atoms with Crippen molar-refractivity contribution in [2.24, 2.45) is 0 Å². The summed E-state index contributed by atoms with van der Waals surface area (Å²) in [4.78, 5) is 17.3. The third-order valence-electron chi connectivity index (χ3n) is 4.21. The summed E-state index contributed by atoms with van der Waals surface area (Å²) in [5.74, 6) is -1.26. The molecule has 0 unspecified atom stereocenters. The van der Waals surface area contributed by atoms with Crippen LogP contribution in [0.2, 0.25) is 0 Å². The van der Waals surface area contributed by atoms with Crippen LogP contribution in [-0.4, -0.2) is 17.6 Å². The Morgan fingerprint density at radius 2 is 1.74 bits per heavy atom. The van der Waals surface area contributed by atoms with Crippen molar-refractivity contribution in [2.45, 2.75) is 18.9 Å². The number of benzene rings is 2. The second-order valence-electron chi connectivity index (χ2n) is 6.02. The predicted molar refractivity (Wildman–Crippen MR) is 103 cm³/mol. The van der Waals surface area contributed by atoms with Gasteiger partial charge in [0.05, 0.1) is 18.3 Å². The van der Waals surface area contributed by atoms with Gasteiger partial charge < -0.3 is 10.1 Å². The van der Waals surface area contributed by atoms with E-state index in [-0.39, 0.29) is 18.4 Å². The minimum atomic E-state index is -0.605. The molecule has 0 radical (unpaired) electrons. The molecular weight excluding hydrogens is 343 g/mol. The fourth-order valence-corrected chi connectivity index (χ4v) is 2.97. The number of carbonyl (C=O) groups excluding carboxylic acids is 1. The lowest BCUT2D eigenvalue weighted by atomic mass is 9.88. The monoisotopic (exact) mass is 364 g/mol. The van der Waals surface area contributed by atoms with Gasteiger partial charge in [0, 0.05) is 11.9 Å². The van der Waals surface area contributed by atoms with Gasteiger partial charge in [0.2, 0.25) is 0 Å². The van der Waals surface area contributed by atoms with Gasteiger partial charge >= 0.3 is 5.97 Å². The average molecular weight is 364 g/mol. The molecular formula is C22H21FN2O2. The van der Waals surface area contributed by atoms with Gasteiger partial charge in [-0.15, -0.1) is 0 Å². The molecule has 27 heavy (non-hydrogen) atoms. The number of aromatic nitrogens is 1. The van der Waals surface area contributed by atoms with Gasteiger partial charge in [-0.2, -0.15) is 0 Å². The van der Waals surface area contributed by atoms with E-state index in [0.29, 0.717) is 11.4 Å². The molecule has 1 aromatic heterocycles. The molecule has 0 bridgehead atoms. The molecule has 0 aliphatic heterocycles. The van der Waals surface area contributed by atoms with Crippen molar-refractivity contribution >= 4 is 11.7 Å². The van der Waals surface area contributed by atoms with E-state index in [1.54, 1.807) is 25.3 Å². The highest BCUT2D eigenvalue weighted by Gasteiger charge is 2.33. The van der Waals surface area contributed by atoms with Crippen molar-refractivity contribution in [1.82, 2.24) is 4.98 Å². The molecule has 0 aliphatic rings. The first-order chi connectivity index (χ1) is 13.2. The largest absolute Gasteiger partial charge is 0.465 e. The lowest BCUT2D eigenvalue weighted by Gasteiger charge is -2.27. The van der Waals surface area contributed by atoms with Gasteiger partial charge in [-0.1, -0.05) is 36.4 Å². The lowest BCUT2D eigenvalue weighted by molar-refractivity contribution is -0.145. The van der Waals surface area contributed by atoms with E-state index in [4.69, 9.17) is 4.74 Å². The first-order valence-corrected chi connectivity index (χ1v) is 8.83. The summed E-state index contributed by atoms with van der Waals surface area (Å²) >= 11 is 0. The smallest absolute Gasteiger partial charge is 0.315 e. The van der Waals surface area contributed by atoms with Crippen LogP contribution in [0.25, 0.3) is 0 Å². The zero-order chi connectivity index (χ0) is 19.1. The van der Waals surface area contributed by atoms with E-state index in [1.165, 1.54) is 12.1 Å².